The number of ketones is 1. The summed E-state index contributed by atoms with van der Waals surface area (Å²) in [5.41, 5.74) is 2.32. The average molecular weight is 355 g/mol. The summed E-state index contributed by atoms with van der Waals surface area (Å²) in [4.78, 5) is 27.6. The van der Waals surface area contributed by atoms with Gasteiger partial charge in [-0.15, -0.1) is 0 Å². The van der Waals surface area contributed by atoms with Crippen LogP contribution in [0.15, 0.2) is 24.3 Å². The van der Waals surface area contributed by atoms with Gasteiger partial charge in [0.15, 0.2) is 0 Å². The van der Waals surface area contributed by atoms with E-state index < -0.39 is 11.7 Å². The normalized spacial score (nSPS) is 18.2. The number of aromatic nitrogens is 1. The van der Waals surface area contributed by atoms with Crippen molar-refractivity contribution in [3.05, 3.63) is 35.5 Å². The van der Waals surface area contributed by atoms with Crippen molar-refractivity contribution in [1.82, 2.24) is 14.8 Å². The van der Waals surface area contributed by atoms with Gasteiger partial charge in [-0.1, -0.05) is 24.6 Å². The number of hydrogen-bond acceptors (Lipinski definition) is 3. The number of carbonyl (C=O) groups is 2. The molecule has 1 aromatic heterocycles. The Bertz CT molecular complexity index is 809. The highest BCUT2D eigenvalue weighted by Gasteiger charge is 2.24. The lowest BCUT2D eigenvalue weighted by molar-refractivity contribution is -0.117. The molecule has 2 aromatic rings. The van der Waals surface area contributed by atoms with Crippen molar-refractivity contribution >= 4 is 22.6 Å². The van der Waals surface area contributed by atoms with Gasteiger partial charge in [0.25, 0.3) is 11.7 Å². The Morgan fingerprint density at radius 1 is 1.23 bits per heavy atom. The predicted molar refractivity (Wildman–Crippen MR) is 104 cm³/mol. The zero-order valence-corrected chi connectivity index (χ0v) is 16.0. The molecule has 1 N–H and O–H groups in total. The molecule has 0 saturated carbocycles. The number of aryl methyl sites for hydroxylation is 1. The molecule has 5 nitrogen and oxygen atoms in total. The Balaban J connectivity index is 1.59. The smallest absolute Gasteiger partial charge is 0.292 e. The molecular weight excluding hydrogens is 326 g/mol. The minimum Gasteiger partial charge on any atom is -0.349 e. The lowest BCUT2D eigenvalue weighted by Crippen LogP contribution is -2.40. The van der Waals surface area contributed by atoms with Crippen molar-refractivity contribution in [2.75, 3.05) is 19.6 Å². The van der Waals surface area contributed by atoms with E-state index in [0.29, 0.717) is 18.2 Å². The molecule has 1 aliphatic rings. The Hall–Kier alpha value is -2.14. The van der Waals surface area contributed by atoms with Crippen LogP contribution in [-0.2, 0) is 11.8 Å². The van der Waals surface area contributed by atoms with Crippen molar-refractivity contribution in [2.45, 2.75) is 45.6 Å². The highest BCUT2D eigenvalue weighted by molar-refractivity contribution is 6.45. The fraction of sp³-hybridized carbons (Fsp3) is 0.524. The summed E-state index contributed by atoms with van der Waals surface area (Å²) in [5, 5.41) is 3.65. The SMILES string of the molecule is Cc1c(C(=O)C(=O)NCCCN2CCCCC2C)c2ccccc2n1C. The molecule has 1 atom stereocenters. The summed E-state index contributed by atoms with van der Waals surface area (Å²) in [6, 6.07) is 8.34. The number of carbonyl (C=O) groups excluding carboxylic acids is 2. The Morgan fingerprint density at radius 2 is 2.00 bits per heavy atom. The number of likely N-dealkylation sites (tertiary alicyclic amines) is 1. The quantitative estimate of drug-likeness (QED) is 0.492. The second-order valence-corrected chi connectivity index (χ2v) is 7.36. The van der Waals surface area contributed by atoms with Crippen LogP contribution < -0.4 is 5.32 Å². The molecule has 0 radical (unpaired) electrons. The topological polar surface area (TPSA) is 54.3 Å². The second kappa shape index (κ2) is 8.04. The first kappa shape index (κ1) is 18.6. The Kier molecular flexibility index (Phi) is 5.77. The van der Waals surface area contributed by atoms with Gasteiger partial charge in [-0.25, -0.2) is 0 Å². The summed E-state index contributed by atoms with van der Waals surface area (Å²) >= 11 is 0. The van der Waals surface area contributed by atoms with E-state index in [1.165, 1.54) is 19.3 Å². The molecule has 1 aromatic carbocycles. The van der Waals surface area contributed by atoms with Gasteiger partial charge in [-0.2, -0.15) is 0 Å². The molecule has 1 amide bonds. The lowest BCUT2D eigenvalue weighted by Gasteiger charge is -2.33. The number of fused-ring (bicyclic) bond motifs is 1. The first-order valence-corrected chi connectivity index (χ1v) is 9.61. The van der Waals surface area contributed by atoms with Gasteiger partial charge >= 0.3 is 0 Å². The predicted octanol–water partition coefficient (Wildman–Crippen LogP) is 3.05. The molecule has 0 spiro atoms. The summed E-state index contributed by atoms with van der Waals surface area (Å²) in [7, 11) is 1.92. The highest BCUT2D eigenvalue weighted by atomic mass is 16.2. The molecule has 1 fully saturated rings. The van der Waals surface area contributed by atoms with Crippen LogP contribution in [0, 0.1) is 6.92 Å². The summed E-state index contributed by atoms with van der Waals surface area (Å²) < 4.78 is 1.97. The molecule has 5 heteroatoms. The number of nitrogens with one attached hydrogen (secondary N) is 1. The molecule has 0 aliphatic carbocycles. The van der Waals surface area contributed by atoms with E-state index in [-0.39, 0.29) is 0 Å². The highest BCUT2D eigenvalue weighted by Crippen LogP contribution is 2.25. The largest absolute Gasteiger partial charge is 0.349 e. The van der Waals surface area contributed by atoms with Gasteiger partial charge in [0.1, 0.15) is 0 Å². The average Bonchev–Trinajstić information content (AvgIpc) is 2.90. The third-order valence-corrected chi connectivity index (χ3v) is 5.68. The molecule has 2 heterocycles. The van der Waals surface area contributed by atoms with Crippen LogP contribution in [0.5, 0.6) is 0 Å². The first-order chi connectivity index (χ1) is 12.5. The van der Waals surface area contributed by atoms with E-state index in [9.17, 15) is 9.59 Å². The van der Waals surface area contributed by atoms with Crippen molar-refractivity contribution in [1.29, 1.82) is 0 Å². The van der Waals surface area contributed by atoms with Crippen LogP contribution in [0.3, 0.4) is 0 Å². The molecule has 140 valence electrons. The summed E-state index contributed by atoms with van der Waals surface area (Å²) in [6.07, 6.45) is 4.70. The van der Waals surface area contributed by atoms with E-state index in [4.69, 9.17) is 0 Å². The van der Waals surface area contributed by atoms with Crippen LogP contribution in [0.25, 0.3) is 10.9 Å². The molecule has 26 heavy (non-hydrogen) atoms. The number of para-hydroxylation sites is 1. The van der Waals surface area contributed by atoms with Crippen molar-refractivity contribution in [2.24, 2.45) is 7.05 Å². The maximum absolute atomic E-state index is 12.7. The molecular formula is C21H29N3O2. The van der Waals surface area contributed by atoms with E-state index in [1.54, 1.807) is 0 Å². The molecule has 1 aliphatic heterocycles. The molecule has 1 unspecified atom stereocenters. The van der Waals surface area contributed by atoms with Crippen LogP contribution in [-0.4, -0.2) is 46.8 Å². The zero-order valence-electron chi connectivity index (χ0n) is 16.0. The van der Waals surface area contributed by atoms with Gasteiger partial charge in [-0.05, 0) is 45.7 Å². The van der Waals surface area contributed by atoms with Gasteiger partial charge in [0, 0.05) is 42.8 Å². The van der Waals surface area contributed by atoms with Crippen LogP contribution in [0.2, 0.25) is 0 Å². The number of nitrogens with zero attached hydrogens (tertiary/aromatic N) is 2. The Morgan fingerprint density at radius 3 is 2.77 bits per heavy atom. The van der Waals surface area contributed by atoms with Crippen LogP contribution in [0.4, 0.5) is 0 Å². The number of piperidine rings is 1. The van der Waals surface area contributed by atoms with Crippen molar-refractivity contribution in [3.63, 3.8) is 0 Å². The third kappa shape index (κ3) is 3.68. The lowest BCUT2D eigenvalue weighted by atomic mass is 10.0. The fourth-order valence-electron chi connectivity index (χ4n) is 3.98. The number of Topliss-reactive ketones (excluding diaryl/α,β-unsaturated/α-hetero) is 1. The van der Waals surface area contributed by atoms with Crippen LogP contribution >= 0.6 is 0 Å². The number of hydrogen-bond donors (Lipinski definition) is 1. The molecule has 3 rings (SSSR count). The minimum absolute atomic E-state index is 0.439. The monoisotopic (exact) mass is 355 g/mol. The van der Waals surface area contributed by atoms with Crippen molar-refractivity contribution in [3.8, 4) is 0 Å². The minimum atomic E-state index is -0.504. The van der Waals surface area contributed by atoms with Crippen LogP contribution in [0.1, 0.15) is 48.7 Å². The van der Waals surface area contributed by atoms with E-state index in [0.717, 1.165) is 36.1 Å². The standard InChI is InChI=1S/C21H29N3O2/c1-15-9-6-7-13-24(15)14-8-12-22-21(26)20(25)19-16(2)23(3)18-11-5-4-10-17(18)19/h4-5,10-11,15H,6-9,12-14H2,1-3H3,(H,22,26). The third-order valence-electron chi connectivity index (χ3n) is 5.68. The second-order valence-electron chi connectivity index (χ2n) is 7.36. The Labute approximate surface area is 155 Å². The van der Waals surface area contributed by atoms with Gasteiger partial charge < -0.3 is 14.8 Å². The maximum Gasteiger partial charge on any atom is 0.292 e. The van der Waals surface area contributed by atoms with E-state index >= 15 is 0 Å². The number of amides is 1. The van der Waals surface area contributed by atoms with E-state index in [2.05, 4.69) is 17.1 Å². The van der Waals surface area contributed by atoms with Gasteiger partial charge in [-0.3, -0.25) is 9.59 Å². The van der Waals surface area contributed by atoms with Crippen molar-refractivity contribution < 1.29 is 9.59 Å². The number of rotatable bonds is 6. The zero-order chi connectivity index (χ0) is 18.7. The number of benzene rings is 1. The fourth-order valence-corrected chi connectivity index (χ4v) is 3.98. The molecule has 1 saturated heterocycles. The van der Waals surface area contributed by atoms with Gasteiger partial charge in [0.2, 0.25) is 0 Å². The summed E-state index contributed by atoms with van der Waals surface area (Å²) in [5.74, 6) is -0.943. The summed E-state index contributed by atoms with van der Waals surface area (Å²) in [6.45, 7) is 6.81. The first-order valence-electron chi connectivity index (χ1n) is 9.61. The molecule has 0 bridgehead atoms. The maximum atomic E-state index is 12.7. The van der Waals surface area contributed by atoms with Gasteiger partial charge in [0.05, 0.1) is 5.56 Å². The van der Waals surface area contributed by atoms with E-state index in [1.807, 2.05) is 42.8 Å².